The second-order valence-corrected chi connectivity index (χ2v) is 8.38. The van der Waals surface area contributed by atoms with Gasteiger partial charge in [-0.3, -0.25) is 9.89 Å². The van der Waals surface area contributed by atoms with Crippen LogP contribution in [0.5, 0.6) is 0 Å². The van der Waals surface area contributed by atoms with E-state index in [0.29, 0.717) is 0 Å². The van der Waals surface area contributed by atoms with Gasteiger partial charge in [-0.2, -0.15) is 0 Å². The Labute approximate surface area is 176 Å². The van der Waals surface area contributed by atoms with E-state index >= 15 is 0 Å². The minimum absolute atomic E-state index is 0. The van der Waals surface area contributed by atoms with E-state index in [1.54, 1.807) is 0 Å². The Kier molecular flexibility index (Phi) is 10.1. The number of rotatable bonds is 6. The van der Waals surface area contributed by atoms with Crippen molar-refractivity contribution in [1.82, 2.24) is 15.5 Å². The molecule has 154 valence electrons. The number of hydrogen-bond acceptors (Lipinski definition) is 4. The van der Waals surface area contributed by atoms with Gasteiger partial charge in [-0.25, -0.2) is 0 Å². The number of aliphatic hydroxyl groups excluding tert-OH is 1. The standard InChI is InChI=1S/C19H38N4O2.HI/c1-5-20-17(22-15-19(4)9-7-6-8-16(19)24)21-14-18(2,3)23-10-12-25-13-11-23;/h16,24H,5-15H2,1-4H3,(H2,20,21,22);1H. The molecule has 2 rings (SSSR count). The van der Waals surface area contributed by atoms with E-state index < -0.39 is 0 Å². The zero-order chi connectivity index (χ0) is 18.3. The first-order valence-electron chi connectivity index (χ1n) is 9.90. The zero-order valence-electron chi connectivity index (χ0n) is 17.0. The lowest BCUT2D eigenvalue weighted by Gasteiger charge is -2.40. The van der Waals surface area contributed by atoms with Crippen molar-refractivity contribution in [3.05, 3.63) is 0 Å². The largest absolute Gasteiger partial charge is 0.392 e. The lowest BCUT2D eigenvalue weighted by Crippen LogP contribution is -2.52. The number of aliphatic hydroxyl groups is 1. The van der Waals surface area contributed by atoms with E-state index in [9.17, 15) is 5.11 Å². The van der Waals surface area contributed by atoms with Crippen molar-refractivity contribution < 1.29 is 9.84 Å². The normalized spacial score (nSPS) is 28.3. The van der Waals surface area contributed by atoms with Crippen LogP contribution in [0.4, 0.5) is 0 Å². The molecule has 0 aromatic rings. The van der Waals surface area contributed by atoms with Gasteiger partial charge >= 0.3 is 0 Å². The van der Waals surface area contributed by atoms with Crippen LogP contribution in [0.25, 0.3) is 0 Å². The summed E-state index contributed by atoms with van der Waals surface area (Å²) in [6, 6.07) is 0. The Morgan fingerprint density at radius 3 is 2.58 bits per heavy atom. The molecule has 1 aliphatic heterocycles. The van der Waals surface area contributed by atoms with Gasteiger partial charge in [-0.1, -0.05) is 19.8 Å². The van der Waals surface area contributed by atoms with Gasteiger partial charge in [0.1, 0.15) is 0 Å². The second-order valence-electron chi connectivity index (χ2n) is 8.38. The molecule has 0 spiro atoms. The SMILES string of the molecule is CCNC(=NCC(C)(C)N1CCOCC1)NCC1(C)CCCCC1O.I. The minimum atomic E-state index is -0.221. The molecule has 1 saturated carbocycles. The summed E-state index contributed by atoms with van der Waals surface area (Å²) >= 11 is 0. The third kappa shape index (κ3) is 6.80. The summed E-state index contributed by atoms with van der Waals surface area (Å²) in [5, 5.41) is 17.2. The van der Waals surface area contributed by atoms with Crippen LogP contribution < -0.4 is 10.6 Å². The van der Waals surface area contributed by atoms with Crippen molar-refractivity contribution >= 4 is 29.9 Å². The molecule has 1 aliphatic carbocycles. The minimum Gasteiger partial charge on any atom is -0.392 e. The molecule has 7 heteroatoms. The van der Waals surface area contributed by atoms with Crippen LogP contribution in [0.1, 0.15) is 53.4 Å². The third-order valence-electron chi connectivity index (χ3n) is 5.78. The predicted molar refractivity (Wildman–Crippen MR) is 118 cm³/mol. The number of guanidine groups is 1. The summed E-state index contributed by atoms with van der Waals surface area (Å²) in [4.78, 5) is 7.29. The van der Waals surface area contributed by atoms with Crippen molar-refractivity contribution in [3.8, 4) is 0 Å². The van der Waals surface area contributed by atoms with Crippen molar-refractivity contribution in [2.75, 3.05) is 45.9 Å². The third-order valence-corrected chi connectivity index (χ3v) is 5.78. The summed E-state index contributed by atoms with van der Waals surface area (Å²) in [7, 11) is 0. The maximum Gasteiger partial charge on any atom is 0.191 e. The summed E-state index contributed by atoms with van der Waals surface area (Å²) < 4.78 is 5.46. The second kappa shape index (κ2) is 11.0. The maximum absolute atomic E-state index is 10.4. The number of nitrogens with zero attached hydrogens (tertiary/aromatic N) is 2. The molecule has 0 bridgehead atoms. The van der Waals surface area contributed by atoms with E-state index in [1.165, 1.54) is 6.42 Å². The molecule has 2 atom stereocenters. The molecule has 2 unspecified atom stereocenters. The van der Waals surface area contributed by atoms with E-state index in [4.69, 9.17) is 9.73 Å². The first kappa shape index (κ1) is 23.9. The molecule has 6 nitrogen and oxygen atoms in total. The lowest BCUT2D eigenvalue weighted by atomic mass is 9.73. The Bertz CT molecular complexity index is 441. The van der Waals surface area contributed by atoms with Crippen LogP contribution >= 0.6 is 24.0 Å². The summed E-state index contributed by atoms with van der Waals surface area (Å²) in [5.41, 5.74) is -0.0471. The van der Waals surface area contributed by atoms with Gasteiger partial charge in [-0.05, 0) is 33.6 Å². The predicted octanol–water partition coefficient (Wildman–Crippen LogP) is 2.21. The highest BCUT2D eigenvalue weighted by Crippen LogP contribution is 2.35. The number of aliphatic imine (C=N–C) groups is 1. The van der Waals surface area contributed by atoms with Gasteiger partial charge in [0.2, 0.25) is 0 Å². The average molecular weight is 482 g/mol. The number of halogens is 1. The van der Waals surface area contributed by atoms with Crippen LogP contribution in [0.2, 0.25) is 0 Å². The van der Waals surface area contributed by atoms with Crippen LogP contribution in [0, 0.1) is 5.41 Å². The highest BCUT2D eigenvalue weighted by Gasteiger charge is 2.35. The van der Waals surface area contributed by atoms with Crippen LogP contribution in [0.3, 0.4) is 0 Å². The number of hydrogen-bond donors (Lipinski definition) is 3. The molecule has 0 aromatic carbocycles. The van der Waals surface area contributed by atoms with Crippen molar-refractivity contribution in [2.24, 2.45) is 10.4 Å². The van der Waals surface area contributed by atoms with Gasteiger partial charge < -0.3 is 20.5 Å². The van der Waals surface area contributed by atoms with E-state index in [0.717, 1.165) is 71.2 Å². The Morgan fingerprint density at radius 1 is 1.27 bits per heavy atom. The number of morpholine rings is 1. The summed E-state index contributed by atoms with van der Waals surface area (Å²) in [5.74, 6) is 0.850. The van der Waals surface area contributed by atoms with Crippen LogP contribution in [-0.4, -0.2) is 73.5 Å². The highest BCUT2D eigenvalue weighted by molar-refractivity contribution is 14.0. The van der Waals surface area contributed by atoms with Gasteiger partial charge in [0.25, 0.3) is 0 Å². The van der Waals surface area contributed by atoms with Crippen LogP contribution in [-0.2, 0) is 4.74 Å². The monoisotopic (exact) mass is 482 g/mol. The molecule has 3 N–H and O–H groups in total. The van der Waals surface area contributed by atoms with Crippen molar-refractivity contribution in [1.29, 1.82) is 0 Å². The average Bonchev–Trinajstić information content (AvgIpc) is 2.61. The first-order chi connectivity index (χ1) is 11.9. The molecular weight excluding hydrogens is 443 g/mol. The zero-order valence-corrected chi connectivity index (χ0v) is 19.3. The summed E-state index contributed by atoms with van der Waals surface area (Å²) in [6.07, 6.45) is 4.10. The molecule has 2 aliphatic rings. The first-order valence-corrected chi connectivity index (χ1v) is 9.90. The van der Waals surface area contributed by atoms with Gasteiger partial charge in [-0.15, -0.1) is 24.0 Å². The van der Waals surface area contributed by atoms with Crippen molar-refractivity contribution in [2.45, 2.75) is 65.0 Å². The Hall–Kier alpha value is -0.120. The fourth-order valence-corrected chi connectivity index (χ4v) is 3.76. The van der Waals surface area contributed by atoms with E-state index in [1.807, 2.05) is 0 Å². The summed E-state index contributed by atoms with van der Waals surface area (Å²) in [6.45, 7) is 14.7. The molecule has 0 amide bonds. The Balaban J connectivity index is 0.00000338. The fourth-order valence-electron chi connectivity index (χ4n) is 3.76. The molecule has 26 heavy (non-hydrogen) atoms. The molecule has 1 heterocycles. The highest BCUT2D eigenvalue weighted by atomic mass is 127. The Morgan fingerprint density at radius 2 is 1.96 bits per heavy atom. The quantitative estimate of drug-likeness (QED) is 0.308. The van der Waals surface area contributed by atoms with Crippen LogP contribution in [0.15, 0.2) is 4.99 Å². The van der Waals surface area contributed by atoms with Gasteiger partial charge in [0.15, 0.2) is 5.96 Å². The van der Waals surface area contributed by atoms with Gasteiger partial charge in [0, 0.05) is 37.1 Å². The number of nitrogens with one attached hydrogen (secondary N) is 2. The molecule has 0 aromatic heterocycles. The molecule has 0 radical (unpaired) electrons. The number of ether oxygens (including phenoxy) is 1. The molecule has 1 saturated heterocycles. The smallest absolute Gasteiger partial charge is 0.191 e. The lowest BCUT2D eigenvalue weighted by molar-refractivity contribution is -0.00691. The molecular formula is C19H39IN4O2. The van der Waals surface area contributed by atoms with Gasteiger partial charge in [0.05, 0.1) is 25.9 Å². The van der Waals surface area contributed by atoms with E-state index in [2.05, 4.69) is 43.2 Å². The van der Waals surface area contributed by atoms with E-state index in [-0.39, 0.29) is 41.0 Å². The maximum atomic E-state index is 10.4. The fraction of sp³-hybridized carbons (Fsp3) is 0.947. The van der Waals surface area contributed by atoms with Crippen molar-refractivity contribution in [3.63, 3.8) is 0 Å². The molecule has 2 fully saturated rings. The topological polar surface area (TPSA) is 69.1 Å².